The van der Waals surface area contributed by atoms with Crippen molar-refractivity contribution >= 4 is 16.0 Å². The zero-order valence-corrected chi connectivity index (χ0v) is 18.3. The predicted octanol–water partition coefficient (Wildman–Crippen LogP) is 5.14. The number of carboxylic acids is 1. The van der Waals surface area contributed by atoms with Crippen LogP contribution in [-0.2, 0) is 22.7 Å². The van der Waals surface area contributed by atoms with E-state index in [4.69, 9.17) is 5.11 Å². The highest BCUT2D eigenvalue weighted by atomic mass is 32.2. The smallest absolute Gasteiger partial charge is 0.433 e. The molecule has 6 nitrogen and oxygen atoms in total. The van der Waals surface area contributed by atoms with E-state index in [0.717, 1.165) is 6.07 Å². The molecule has 0 bridgehead atoms. The van der Waals surface area contributed by atoms with Gasteiger partial charge in [0.1, 0.15) is 10.6 Å². The van der Waals surface area contributed by atoms with Crippen molar-refractivity contribution in [2.75, 3.05) is 0 Å². The zero-order valence-electron chi connectivity index (χ0n) is 17.5. The number of alkyl halides is 3. The summed E-state index contributed by atoms with van der Waals surface area (Å²) >= 11 is 0. The van der Waals surface area contributed by atoms with E-state index in [1.807, 2.05) is 0 Å². The van der Waals surface area contributed by atoms with Crippen LogP contribution < -0.4 is 0 Å². The molecule has 0 aliphatic heterocycles. The molecule has 0 aliphatic carbocycles. The molecule has 174 valence electrons. The van der Waals surface area contributed by atoms with E-state index < -0.39 is 33.9 Å². The number of aromatic carboxylic acids is 1. The second-order valence-corrected chi connectivity index (χ2v) is 9.15. The van der Waals surface area contributed by atoms with E-state index in [2.05, 4.69) is 4.98 Å². The van der Waals surface area contributed by atoms with Gasteiger partial charge >= 0.3 is 12.1 Å². The molecule has 0 unspecified atom stereocenters. The van der Waals surface area contributed by atoms with Crippen molar-refractivity contribution in [2.45, 2.75) is 37.0 Å². The molecule has 0 aliphatic rings. The third-order valence-electron chi connectivity index (χ3n) is 5.09. The molecule has 0 saturated heterocycles. The topological polar surface area (TPSA) is 87.6 Å². The number of pyridine rings is 1. The molecule has 0 saturated carbocycles. The summed E-state index contributed by atoms with van der Waals surface area (Å²) in [6.07, 6.45) is -3.59. The Morgan fingerprint density at radius 2 is 1.67 bits per heavy atom. The number of carbonyl (C=O) groups is 1. The number of hydrogen-bond donors (Lipinski definition) is 1. The van der Waals surface area contributed by atoms with Crippen molar-refractivity contribution in [3.8, 4) is 0 Å². The van der Waals surface area contributed by atoms with Gasteiger partial charge in [0.15, 0.2) is 0 Å². The molecular weight excluding hydrogens is 457 g/mol. The van der Waals surface area contributed by atoms with Gasteiger partial charge in [-0.25, -0.2) is 13.2 Å². The minimum atomic E-state index is -4.69. The lowest BCUT2D eigenvalue weighted by molar-refractivity contribution is -0.141. The standard InChI is InChI=1S/C23H21F3N2O4S/c1-2-20(17-6-4-3-5-7-17)28(15-16-8-10-18(11-9-16)22(29)30)33(31,32)19-12-13-21(27-14-19)23(24,25)26/h3-14,20H,2,15H2,1H3,(H,29,30)/t20-/m0/s1. The van der Waals surface area contributed by atoms with Crippen LogP contribution in [-0.4, -0.2) is 28.8 Å². The first-order valence-electron chi connectivity index (χ1n) is 9.96. The molecule has 1 aromatic heterocycles. The molecule has 1 heterocycles. The Morgan fingerprint density at radius 1 is 1.03 bits per heavy atom. The van der Waals surface area contributed by atoms with Gasteiger partial charge in [-0.3, -0.25) is 4.98 Å². The molecule has 1 atom stereocenters. The number of hydrogen-bond acceptors (Lipinski definition) is 4. The van der Waals surface area contributed by atoms with E-state index in [1.54, 1.807) is 37.3 Å². The number of aromatic nitrogens is 1. The molecule has 0 fully saturated rings. The molecule has 3 rings (SSSR count). The molecule has 0 radical (unpaired) electrons. The number of rotatable bonds is 8. The van der Waals surface area contributed by atoms with Crippen LogP contribution in [0, 0.1) is 0 Å². The monoisotopic (exact) mass is 478 g/mol. The molecule has 3 aromatic rings. The summed E-state index contributed by atoms with van der Waals surface area (Å²) in [6.45, 7) is 1.69. The summed E-state index contributed by atoms with van der Waals surface area (Å²) in [5.74, 6) is -1.11. The van der Waals surface area contributed by atoms with Crippen LogP contribution in [0.5, 0.6) is 0 Å². The van der Waals surface area contributed by atoms with Gasteiger partial charge in [0.2, 0.25) is 10.0 Å². The maximum atomic E-state index is 13.6. The largest absolute Gasteiger partial charge is 0.478 e. The number of benzene rings is 2. The third-order valence-corrected chi connectivity index (χ3v) is 6.93. The average Bonchev–Trinajstić information content (AvgIpc) is 2.79. The normalized spacial score (nSPS) is 13.1. The van der Waals surface area contributed by atoms with Gasteiger partial charge < -0.3 is 5.11 Å². The molecule has 1 N–H and O–H groups in total. The Balaban J connectivity index is 2.05. The van der Waals surface area contributed by atoms with Gasteiger partial charge in [-0.15, -0.1) is 0 Å². The van der Waals surface area contributed by atoms with Crippen molar-refractivity contribution in [3.63, 3.8) is 0 Å². The SMILES string of the molecule is CC[C@@H](c1ccccc1)N(Cc1ccc(C(=O)O)cc1)S(=O)(=O)c1ccc(C(F)(F)F)nc1. The summed E-state index contributed by atoms with van der Waals surface area (Å²) in [5.41, 5.74) is 0.103. The second kappa shape index (κ2) is 9.72. The number of sulfonamides is 1. The lowest BCUT2D eigenvalue weighted by Gasteiger charge is -2.31. The van der Waals surface area contributed by atoms with Crippen LogP contribution >= 0.6 is 0 Å². The van der Waals surface area contributed by atoms with E-state index in [1.165, 1.54) is 28.6 Å². The first kappa shape index (κ1) is 24.4. The fourth-order valence-corrected chi connectivity index (χ4v) is 5.03. The fraction of sp³-hybridized carbons (Fsp3) is 0.217. The lowest BCUT2D eigenvalue weighted by Crippen LogP contribution is -2.34. The molecule has 0 amide bonds. The van der Waals surface area contributed by atoms with E-state index in [9.17, 15) is 26.4 Å². The first-order valence-corrected chi connectivity index (χ1v) is 11.4. The van der Waals surface area contributed by atoms with Crippen LogP contribution in [0.15, 0.2) is 77.8 Å². The minimum absolute atomic E-state index is 0.0511. The van der Waals surface area contributed by atoms with Crippen molar-refractivity contribution < 1.29 is 31.5 Å². The van der Waals surface area contributed by atoms with Gasteiger partial charge in [0, 0.05) is 12.7 Å². The minimum Gasteiger partial charge on any atom is -0.478 e. The van der Waals surface area contributed by atoms with E-state index in [0.29, 0.717) is 29.8 Å². The van der Waals surface area contributed by atoms with Gasteiger partial charge in [-0.05, 0) is 41.8 Å². The van der Waals surface area contributed by atoms with Crippen LogP contribution in [0.25, 0.3) is 0 Å². The van der Waals surface area contributed by atoms with Crippen molar-refractivity contribution in [3.05, 3.63) is 95.3 Å². The molecule has 10 heteroatoms. The van der Waals surface area contributed by atoms with Gasteiger partial charge in [0.25, 0.3) is 0 Å². The summed E-state index contributed by atoms with van der Waals surface area (Å²) in [4.78, 5) is 14.1. The second-order valence-electron chi connectivity index (χ2n) is 7.26. The van der Waals surface area contributed by atoms with Crippen molar-refractivity contribution in [2.24, 2.45) is 0 Å². The fourth-order valence-electron chi connectivity index (χ4n) is 3.41. The van der Waals surface area contributed by atoms with Crippen LogP contribution in [0.3, 0.4) is 0 Å². The number of halogens is 3. The highest BCUT2D eigenvalue weighted by Crippen LogP contribution is 2.33. The van der Waals surface area contributed by atoms with Crippen LogP contribution in [0.1, 0.15) is 46.6 Å². The van der Waals surface area contributed by atoms with Gasteiger partial charge in [-0.2, -0.15) is 17.5 Å². The summed E-state index contributed by atoms with van der Waals surface area (Å²) < 4.78 is 67.0. The zero-order chi connectivity index (χ0) is 24.2. The predicted molar refractivity (Wildman–Crippen MR) is 115 cm³/mol. The molecule has 33 heavy (non-hydrogen) atoms. The molecular formula is C23H21F3N2O4S. The maximum Gasteiger partial charge on any atom is 0.433 e. The lowest BCUT2D eigenvalue weighted by atomic mass is 10.0. The Kier molecular flexibility index (Phi) is 7.19. The summed E-state index contributed by atoms with van der Waals surface area (Å²) in [7, 11) is -4.26. The highest BCUT2D eigenvalue weighted by Gasteiger charge is 2.35. The number of nitrogens with zero attached hydrogens (tertiary/aromatic N) is 2. The molecule has 2 aromatic carbocycles. The average molecular weight is 478 g/mol. The molecule has 0 spiro atoms. The van der Waals surface area contributed by atoms with E-state index >= 15 is 0 Å². The Labute approximate surface area is 189 Å². The number of carboxylic acid groups (broad SMARTS) is 1. The summed E-state index contributed by atoms with van der Waals surface area (Å²) in [6, 6.07) is 15.5. The Bertz CT molecular complexity index is 1200. The first-order chi connectivity index (χ1) is 15.5. The van der Waals surface area contributed by atoms with E-state index in [-0.39, 0.29) is 17.0 Å². The third kappa shape index (κ3) is 5.58. The van der Waals surface area contributed by atoms with Gasteiger partial charge in [-0.1, -0.05) is 49.4 Å². The Morgan fingerprint density at radius 3 is 2.15 bits per heavy atom. The quantitative estimate of drug-likeness (QED) is 0.484. The van der Waals surface area contributed by atoms with Crippen molar-refractivity contribution in [1.82, 2.24) is 9.29 Å². The summed E-state index contributed by atoms with van der Waals surface area (Å²) in [5, 5.41) is 9.10. The van der Waals surface area contributed by atoms with Gasteiger partial charge in [0.05, 0.1) is 11.6 Å². The Hall–Kier alpha value is -3.24. The van der Waals surface area contributed by atoms with Crippen LogP contribution in [0.4, 0.5) is 13.2 Å². The van der Waals surface area contributed by atoms with Crippen LogP contribution in [0.2, 0.25) is 0 Å². The highest BCUT2D eigenvalue weighted by molar-refractivity contribution is 7.89. The maximum absolute atomic E-state index is 13.6. The van der Waals surface area contributed by atoms with Crippen molar-refractivity contribution in [1.29, 1.82) is 0 Å².